The van der Waals surface area contributed by atoms with Crippen molar-refractivity contribution in [1.82, 2.24) is 0 Å². The molecule has 3 rings (SSSR count). The average Bonchev–Trinajstić information content (AvgIpc) is 3.25. The van der Waals surface area contributed by atoms with Crippen molar-refractivity contribution in [3.8, 4) is 5.75 Å². The lowest BCUT2D eigenvalue weighted by Crippen LogP contribution is -2.28. The molecule has 1 fully saturated rings. The van der Waals surface area contributed by atoms with Crippen LogP contribution in [0.25, 0.3) is 0 Å². The molecular formula is C25H28N2O7. The number of methoxy groups -OCH3 is 1. The number of esters is 2. The van der Waals surface area contributed by atoms with Gasteiger partial charge in [0.05, 0.1) is 25.2 Å². The minimum Gasteiger partial charge on any atom is -0.497 e. The van der Waals surface area contributed by atoms with Crippen molar-refractivity contribution < 1.29 is 33.4 Å². The molecule has 0 saturated carbocycles. The zero-order valence-electron chi connectivity index (χ0n) is 19.2. The molecule has 0 unspecified atom stereocenters. The summed E-state index contributed by atoms with van der Waals surface area (Å²) in [5.74, 6) is -1.77. The van der Waals surface area contributed by atoms with Gasteiger partial charge in [-0.3, -0.25) is 14.4 Å². The highest BCUT2D eigenvalue weighted by molar-refractivity contribution is 6.00. The minimum absolute atomic E-state index is 0.0141. The third kappa shape index (κ3) is 6.57. The summed E-state index contributed by atoms with van der Waals surface area (Å²) < 4.78 is 15.4. The predicted octanol–water partition coefficient (Wildman–Crippen LogP) is 3.19. The van der Waals surface area contributed by atoms with Gasteiger partial charge >= 0.3 is 11.9 Å². The van der Waals surface area contributed by atoms with E-state index in [-0.39, 0.29) is 18.9 Å². The maximum absolute atomic E-state index is 12.5. The van der Waals surface area contributed by atoms with Crippen LogP contribution in [0, 0.1) is 5.92 Å². The summed E-state index contributed by atoms with van der Waals surface area (Å²) in [6.07, 6.45) is 1.71. The molecule has 9 heteroatoms. The van der Waals surface area contributed by atoms with E-state index in [0.717, 1.165) is 12.8 Å². The second kappa shape index (κ2) is 11.8. The Bertz CT molecular complexity index is 1020. The smallest absolute Gasteiger partial charge is 0.338 e. The fraction of sp³-hybridized carbons (Fsp3) is 0.360. The molecule has 2 amide bonds. The maximum atomic E-state index is 12.5. The molecule has 1 heterocycles. The molecule has 1 N–H and O–H groups in total. The Morgan fingerprint density at radius 1 is 1.03 bits per heavy atom. The van der Waals surface area contributed by atoms with Crippen LogP contribution in [0.1, 0.15) is 36.5 Å². The summed E-state index contributed by atoms with van der Waals surface area (Å²) in [6, 6.07) is 13.2. The van der Waals surface area contributed by atoms with Crippen LogP contribution in [-0.4, -0.2) is 50.6 Å². The quantitative estimate of drug-likeness (QED) is 0.421. The largest absolute Gasteiger partial charge is 0.497 e. The number of anilines is 2. The van der Waals surface area contributed by atoms with E-state index in [0.29, 0.717) is 29.3 Å². The molecule has 1 aliphatic rings. The van der Waals surface area contributed by atoms with Gasteiger partial charge in [0.15, 0.2) is 6.61 Å². The second-order valence-electron chi connectivity index (χ2n) is 7.83. The number of rotatable bonds is 10. The van der Waals surface area contributed by atoms with Gasteiger partial charge in [0, 0.05) is 24.3 Å². The molecule has 9 nitrogen and oxygen atoms in total. The molecule has 34 heavy (non-hydrogen) atoms. The van der Waals surface area contributed by atoms with E-state index >= 15 is 0 Å². The highest BCUT2D eigenvalue weighted by Gasteiger charge is 2.36. The van der Waals surface area contributed by atoms with E-state index in [2.05, 4.69) is 5.32 Å². The summed E-state index contributed by atoms with van der Waals surface area (Å²) in [4.78, 5) is 50.4. The van der Waals surface area contributed by atoms with Crippen molar-refractivity contribution in [2.24, 2.45) is 5.92 Å². The van der Waals surface area contributed by atoms with Crippen LogP contribution in [0.3, 0.4) is 0 Å². The van der Waals surface area contributed by atoms with Crippen molar-refractivity contribution in [1.29, 1.82) is 0 Å². The van der Waals surface area contributed by atoms with Crippen LogP contribution in [-0.2, 0) is 23.9 Å². The van der Waals surface area contributed by atoms with E-state index in [1.54, 1.807) is 55.6 Å². The SMILES string of the molecule is CCCCOC(=O)c1ccc(N2C[C@H](C(=O)OCC(=O)Nc3ccc(OC)cc3)CC2=O)cc1. The number of nitrogens with one attached hydrogen (secondary N) is 1. The van der Waals surface area contributed by atoms with Crippen molar-refractivity contribution >= 4 is 35.1 Å². The number of hydrogen-bond donors (Lipinski definition) is 1. The van der Waals surface area contributed by atoms with Gasteiger partial charge in [-0.25, -0.2) is 4.79 Å². The fourth-order valence-electron chi connectivity index (χ4n) is 3.41. The molecule has 2 aromatic carbocycles. The fourth-order valence-corrected chi connectivity index (χ4v) is 3.41. The number of carbonyl (C=O) groups excluding carboxylic acids is 4. The lowest BCUT2D eigenvalue weighted by Gasteiger charge is -2.17. The Balaban J connectivity index is 1.48. The van der Waals surface area contributed by atoms with Crippen LogP contribution < -0.4 is 15.0 Å². The Kier molecular flexibility index (Phi) is 8.61. The minimum atomic E-state index is -0.681. The third-order valence-electron chi connectivity index (χ3n) is 5.32. The molecule has 180 valence electrons. The monoisotopic (exact) mass is 468 g/mol. The van der Waals surface area contributed by atoms with Gasteiger partial charge in [0.2, 0.25) is 5.91 Å². The number of nitrogens with zero attached hydrogens (tertiary/aromatic N) is 1. The van der Waals surface area contributed by atoms with Crippen molar-refractivity contribution in [3.05, 3.63) is 54.1 Å². The first-order valence-corrected chi connectivity index (χ1v) is 11.1. The van der Waals surface area contributed by atoms with Crippen molar-refractivity contribution in [2.75, 3.05) is 37.1 Å². The van der Waals surface area contributed by atoms with Crippen molar-refractivity contribution in [3.63, 3.8) is 0 Å². The standard InChI is InChI=1S/C25H28N2O7/c1-3-4-13-33-24(30)17-5-9-20(10-6-17)27-15-18(14-23(27)29)25(31)34-16-22(28)26-19-7-11-21(32-2)12-8-19/h5-12,18H,3-4,13-16H2,1-2H3,(H,26,28)/t18-/m1/s1. The van der Waals surface area contributed by atoms with E-state index in [9.17, 15) is 19.2 Å². The number of hydrogen-bond acceptors (Lipinski definition) is 7. The first-order chi connectivity index (χ1) is 16.4. The van der Waals surface area contributed by atoms with Crippen LogP contribution in [0.5, 0.6) is 5.75 Å². The Hall–Kier alpha value is -3.88. The molecule has 0 spiro atoms. The third-order valence-corrected chi connectivity index (χ3v) is 5.32. The lowest BCUT2D eigenvalue weighted by molar-refractivity contribution is -0.151. The van der Waals surface area contributed by atoms with Crippen LogP contribution in [0.2, 0.25) is 0 Å². The molecule has 0 aromatic heterocycles. The second-order valence-corrected chi connectivity index (χ2v) is 7.83. The molecule has 1 saturated heterocycles. The summed E-state index contributed by atoms with van der Waals surface area (Å²) in [5, 5.41) is 2.63. The molecule has 1 aliphatic heterocycles. The van der Waals surface area contributed by atoms with Gasteiger partial charge in [0.25, 0.3) is 5.91 Å². The Morgan fingerprint density at radius 2 is 1.74 bits per heavy atom. The first-order valence-electron chi connectivity index (χ1n) is 11.1. The van der Waals surface area contributed by atoms with Gasteiger partial charge < -0.3 is 24.4 Å². The molecule has 0 aliphatic carbocycles. The highest BCUT2D eigenvalue weighted by atomic mass is 16.5. The average molecular weight is 469 g/mol. The number of amides is 2. The van der Waals surface area contributed by atoms with E-state index in [1.165, 1.54) is 4.90 Å². The van der Waals surface area contributed by atoms with E-state index in [4.69, 9.17) is 14.2 Å². The van der Waals surface area contributed by atoms with Gasteiger partial charge in [-0.15, -0.1) is 0 Å². The number of ether oxygens (including phenoxy) is 3. The van der Waals surface area contributed by atoms with E-state index < -0.39 is 30.4 Å². The molecular weight excluding hydrogens is 440 g/mol. The number of unbranched alkanes of at least 4 members (excludes halogenated alkanes) is 1. The van der Waals surface area contributed by atoms with Crippen LogP contribution >= 0.6 is 0 Å². The Labute approximate surface area is 198 Å². The van der Waals surface area contributed by atoms with Crippen molar-refractivity contribution in [2.45, 2.75) is 26.2 Å². The number of carbonyl (C=O) groups is 4. The topological polar surface area (TPSA) is 111 Å². The zero-order valence-corrected chi connectivity index (χ0v) is 19.2. The van der Waals surface area contributed by atoms with Crippen LogP contribution in [0.15, 0.2) is 48.5 Å². The van der Waals surface area contributed by atoms with Gasteiger partial charge in [-0.1, -0.05) is 13.3 Å². The summed E-state index contributed by atoms with van der Waals surface area (Å²) in [6.45, 7) is 2.06. The lowest BCUT2D eigenvalue weighted by atomic mass is 10.1. The predicted molar refractivity (Wildman–Crippen MR) is 125 cm³/mol. The molecule has 2 aromatic rings. The Morgan fingerprint density at radius 3 is 2.38 bits per heavy atom. The van der Waals surface area contributed by atoms with Crippen LogP contribution in [0.4, 0.5) is 11.4 Å². The number of benzene rings is 2. The summed E-state index contributed by atoms with van der Waals surface area (Å²) >= 11 is 0. The molecule has 1 atom stereocenters. The summed E-state index contributed by atoms with van der Waals surface area (Å²) in [5.41, 5.74) is 1.51. The van der Waals surface area contributed by atoms with Gasteiger partial charge in [0.1, 0.15) is 5.75 Å². The van der Waals surface area contributed by atoms with E-state index in [1.807, 2.05) is 6.92 Å². The van der Waals surface area contributed by atoms with Gasteiger partial charge in [-0.2, -0.15) is 0 Å². The summed E-state index contributed by atoms with van der Waals surface area (Å²) in [7, 11) is 1.54. The first kappa shape index (κ1) is 24.8. The molecule has 0 radical (unpaired) electrons. The maximum Gasteiger partial charge on any atom is 0.338 e. The normalized spacial score (nSPS) is 15.1. The van der Waals surface area contributed by atoms with Gasteiger partial charge in [-0.05, 0) is 55.0 Å². The molecule has 0 bridgehead atoms. The zero-order chi connectivity index (χ0) is 24.5. The highest BCUT2D eigenvalue weighted by Crippen LogP contribution is 2.26.